The van der Waals surface area contributed by atoms with Gasteiger partial charge < -0.3 is 14.8 Å². The first-order valence-electron chi connectivity index (χ1n) is 8.74. The molecule has 1 unspecified atom stereocenters. The first-order chi connectivity index (χ1) is 12.9. The zero-order valence-corrected chi connectivity index (χ0v) is 16.0. The van der Waals surface area contributed by atoms with Gasteiger partial charge in [0.05, 0.1) is 24.6 Å². The highest BCUT2D eigenvalue weighted by Gasteiger charge is 2.35. The third-order valence-corrected chi connectivity index (χ3v) is 5.89. The van der Waals surface area contributed by atoms with Crippen LogP contribution in [-0.2, 0) is 14.8 Å². The molecule has 0 saturated heterocycles. The van der Waals surface area contributed by atoms with Crippen LogP contribution in [0, 0.1) is 0 Å². The second-order valence-corrected chi connectivity index (χ2v) is 8.14. The summed E-state index contributed by atoms with van der Waals surface area (Å²) < 4.78 is 37.4. The van der Waals surface area contributed by atoms with Gasteiger partial charge in [0.2, 0.25) is 10.0 Å². The number of nitrogens with one attached hydrogen (secondary N) is 1. The van der Waals surface area contributed by atoms with E-state index in [2.05, 4.69) is 5.32 Å². The zero-order valence-electron chi connectivity index (χ0n) is 15.2. The summed E-state index contributed by atoms with van der Waals surface area (Å²) in [6, 6.07) is 13.8. The summed E-state index contributed by atoms with van der Waals surface area (Å²) in [7, 11) is -3.53. The standard InChI is InChI=1S/C19H22N2O5S/c1-3-25-15-9-7-8-14(12-15)20-19(22)18-13-21(27(23,24)4-2)16-10-5-6-11-17(16)26-18/h5-12,18H,3-4,13H2,1-2H3,(H,20,22). The van der Waals surface area contributed by atoms with Crippen LogP contribution in [0.3, 0.4) is 0 Å². The number of carbonyl (C=O) groups is 1. The van der Waals surface area contributed by atoms with E-state index in [0.717, 1.165) is 0 Å². The van der Waals surface area contributed by atoms with Crippen LogP contribution in [-0.4, -0.2) is 39.3 Å². The molecule has 1 atom stereocenters. The largest absolute Gasteiger partial charge is 0.494 e. The molecule has 0 saturated carbocycles. The lowest BCUT2D eigenvalue weighted by atomic mass is 10.2. The molecule has 0 fully saturated rings. The van der Waals surface area contributed by atoms with Crippen LogP contribution in [0.2, 0.25) is 0 Å². The minimum absolute atomic E-state index is 0.0634. The van der Waals surface area contributed by atoms with Crippen molar-refractivity contribution in [1.29, 1.82) is 0 Å². The predicted octanol–water partition coefficient (Wildman–Crippen LogP) is 2.64. The number of ether oxygens (including phenoxy) is 2. The minimum atomic E-state index is -3.53. The van der Waals surface area contributed by atoms with Crippen LogP contribution in [0.5, 0.6) is 11.5 Å². The van der Waals surface area contributed by atoms with E-state index >= 15 is 0 Å². The summed E-state index contributed by atoms with van der Waals surface area (Å²) in [5.41, 5.74) is 1.00. The number of para-hydroxylation sites is 2. The lowest BCUT2D eigenvalue weighted by molar-refractivity contribution is -0.122. The van der Waals surface area contributed by atoms with E-state index in [1.807, 2.05) is 6.92 Å². The average molecular weight is 390 g/mol. The summed E-state index contributed by atoms with van der Waals surface area (Å²) in [6.45, 7) is 3.89. The van der Waals surface area contributed by atoms with Crippen molar-refractivity contribution in [2.24, 2.45) is 0 Å². The van der Waals surface area contributed by atoms with Gasteiger partial charge in [-0.1, -0.05) is 18.2 Å². The molecule has 144 valence electrons. The molecule has 1 N–H and O–H groups in total. The topological polar surface area (TPSA) is 84.9 Å². The van der Waals surface area contributed by atoms with Crippen LogP contribution in [0.1, 0.15) is 13.8 Å². The number of amides is 1. The van der Waals surface area contributed by atoms with E-state index in [0.29, 0.717) is 29.5 Å². The molecule has 2 aromatic rings. The fourth-order valence-electron chi connectivity index (χ4n) is 2.81. The summed E-state index contributed by atoms with van der Waals surface area (Å²) in [6.07, 6.45) is -0.961. The van der Waals surface area contributed by atoms with Crippen molar-refractivity contribution in [2.75, 3.05) is 28.5 Å². The fourth-order valence-corrected chi connectivity index (χ4v) is 3.94. The first kappa shape index (κ1) is 19.0. The molecular formula is C19H22N2O5S. The van der Waals surface area contributed by atoms with Crippen LogP contribution >= 0.6 is 0 Å². The van der Waals surface area contributed by atoms with Gasteiger partial charge >= 0.3 is 0 Å². The number of carbonyl (C=O) groups excluding carboxylic acids is 1. The van der Waals surface area contributed by atoms with Crippen molar-refractivity contribution in [2.45, 2.75) is 20.0 Å². The lowest BCUT2D eigenvalue weighted by Gasteiger charge is -2.34. The van der Waals surface area contributed by atoms with Gasteiger partial charge in [-0.2, -0.15) is 0 Å². The molecule has 0 aromatic heterocycles. The van der Waals surface area contributed by atoms with E-state index in [1.54, 1.807) is 55.5 Å². The van der Waals surface area contributed by atoms with Gasteiger partial charge in [-0.15, -0.1) is 0 Å². The van der Waals surface area contributed by atoms with Crippen LogP contribution in [0.15, 0.2) is 48.5 Å². The lowest BCUT2D eigenvalue weighted by Crippen LogP contribution is -2.49. The molecule has 0 radical (unpaired) electrons. The Labute approximate surface area is 158 Å². The highest BCUT2D eigenvalue weighted by Crippen LogP contribution is 2.35. The van der Waals surface area contributed by atoms with Crippen molar-refractivity contribution >= 4 is 27.3 Å². The Bertz CT molecular complexity index is 929. The van der Waals surface area contributed by atoms with E-state index in [-0.39, 0.29) is 12.3 Å². The number of nitrogens with zero attached hydrogens (tertiary/aromatic N) is 1. The Hall–Kier alpha value is -2.74. The number of rotatable bonds is 6. The maximum absolute atomic E-state index is 12.7. The third-order valence-electron chi connectivity index (χ3n) is 4.14. The number of hydrogen-bond acceptors (Lipinski definition) is 5. The number of benzene rings is 2. The average Bonchev–Trinajstić information content (AvgIpc) is 2.67. The molecule has 1 aliphatic rings. The van der Waals surface area contributed by atoms with Crippen molar-refractivity contribution < 1.29 is 22.7 Å². The number of hydrogen-bond donors (Lipinski definition) is 1. The smallest absolute Gasteiger partial charge is 0.267 e. The number of anilines is 2. The summed E-state index contributed by atoms with van der Waals surface area (Å²) in [4.78, 5) is 12.7. The van der Waals surface area contributed by atoms with Crippen LogP contribution < -0.4 is 19.1 Å². The predicted molar refractivity (Wildman–Crippen MR) is 104 cm³/mol. The second kappa shape index (κ2) is 7.87. The zero-order chi connectivity index (χ0) is 19.4. The monoisotopic (exact) mass is 390 g/mol. The summed E-state index contributed by atoms with van der Waals surface area (Å²) in [5.74, 6) is 0.519. The van der Waals surface area contributed by atoms with Crippen LogP contribution in [0.25, 0.3) is 0 Å². The van der Waals surface area contributed by atoms with E-state index in [4.69, 9.17) is 9.47 Å². The number of sulfonamides is 1. The molecule has 7 nitrogen and oxygen atoms in total. The molecule has 27 heavy (non-hydrogen) atoms. The Kier molecular flexibility index (Phi) is 5.55. The van der Waals surface area contributed by atoms with Gasteiger partial charge in [-0.3, -0.25) is 9.10 Å². The normalized spacial score (nSPS) is 16.2. The molecule has 1 amide bonds. The van der Waals surface area contributed by atoms with E-state index in [9.17, 15) is 13.2 Å². The molecule has 0 aliphatic carbocycles. The molecule has 1 heterocycles. The highest BCUT2D eigenvalue weighted by atomic mass is 32.2. The number of fused-ring (bicyclic) bond motifs is 1. The molecule has 0 spiro atoms. The SMILES string of the molecule is CCOc1cccc(NC(=O)C2CN(S(=O)(=O)CC)c3ccccc3O2)c1. The molecule has 8 heteroatoms. The van der Waals surface area contributed by atoms with Crippen molar-refractivity contribution in [3.63, 3.8) is 0 Å². The molecule has 1 aliphatic heterocycles. The van der Waals surface area contributed by atoms with Crippen LogP contribution in [0.4, 0.5) is 11.4 Å². The van der Waals surface area contributed by atoms with Gasteiger partial charge in [0.15, 0.2) is 6.10 Å². The fraction of sp³-hybridized carbons (Fsp3) is 0.316. The molecular weight excluding hydrogens is 368 g/mol. The first-order valence-corrected chi connectivity index (χ1v) is 10.4. The maximum Gasteiger partial charge on any atom is 0.267 e. The van der Waals surface area contributed by atoms with Gasteiger partial charge in [0.1, 0.15) is 11.5 Å². The van der Waals surface area contributed by atoms with Gasteiger partial charge in [0.25, 0.3) is 5.91 Å². The summed E-state index contributed by atoms with van der Waals surface area (Å²) >= 11 is 0. The second-order valence-electron chi connectivity index (χ2n) is 5.96. The Balaban J connectivity index is 1.83. The Morgan fingerprint density at radius 3 is 2.74 bits per heavy atom. The van der Waals surface area contributed by atoms with E-state index in [1.165, 1.54) is 4.31 Å². The minimum Gasteiger partial charge on any atom is -0.494 e. The van der Waals surface area contributed by atoms with Crippen molar-refractivity contribution in [1.82, 2.24) is 0 Å². The Morgan fingerprint density at radius 1 is 1.22 bits per heavy atom. The van der Waals surface area contributed by atoms with Crippen molar-refractivity contribution in [3.8, 4) is 11.5 Å². The van der Waals surface area contributed by atoms with Gasteiger partial charge in [-0.05, 0) is 38.1 Å². The van der Waals surface area contributed by atoms with Crippen molar-refractivity contribution in [3.05, 3.63) is 48.5 Å². The van der Waals surface area contributed by atoms with Gasteiger partial charge in [0, 0.05) is 11.8 Å². The molecule has 2 aromatic carbocycles. The Morgan fingerprint density at radius 2 is 2.00 bits per heavy atom. The molecule has 3 rings (SSSR count). The summed E-state index contributed by atoms with van der Waals surface area (Å²) in [5, 5.41) is 2.77. The highest BCUT2D eigenvalue weighted by molar-refractivity contribution is 7.92. The molecule has 0 bridgehead atoms. The third kappa shape index (κ3) is 4.16. The van der Waals surface area contributed by atoms with Gasteiger partial charge in [-0.25, -0.2) is 8.42 Å². The maximum atomic E-state index is 12.7. The quantitative estimate of drug-likeness (QED) is 0.820. The van der Waals surface area contributed by atoms with E-state index < -0.39 is 22.0 Å².